The van der Waals surface area contributed by atoms with Crippen LogP contribution in [0.2, 0.25) is 0 Å². The van der Waals surface area contributed by atoms with E-state index in [9.17, 15) is 13.6 Å². The molecule has 144 valence electrons. The van der Waals surface area contributed by atoms with Crippen LogP contribution in [0.25, 0.3) is 0 Å². The first-order valence-electron chi connectivity index (χ1n) is 8.96. The second-order valence-electron chi connectivity index (χ2n) is 7.81. The molecule has 28 heavy (non-hydrogen) atoms. The molecule has 0 saturated heterocycles. The van der Waals surface area contributed by atoms with Gasteiger partial charge in [0.2, 0.25) is 11.8 Å². The van der Waals surface area contributed by atoms with Gasteiger partial charge >= 0.3 is 0 Å². The summed E-state index contributed by atoms with van der Waals surface area (Å²) in [6.07, 6.45) is 4.82. The molecule has 2 aromatic rings. The molecule has 1 N–H and O–H groups in total. The van der Waals surface area contributed by atoms with Gasteiger partial charge in [-0.1, -0.05) is 0 Å². The van der Waals surface area contributed by atoms with Gasteiger partial charge in [0.1, 0.15) is 17.7 Å². The monoisotopic (exact) mass is 384 g/mol. The van der Waals surface area contributed by atoms with Crippen molar-refractivity contribution in [2.75, 3.05) is 6.61 Å². The largest absolute Gasteiger partial charge is 0.476 e. The molecule has 2 bridgehead atoms. The van der Waals surface area contributed by atoms with E-state index in [4.69, 9.17) is 10.00 Å². The van der Waals surface area contributed by atoms with Crippen molar-refractivity contribution in [1.29, 1.82) is 5.26 Å². The smallest absolute Gasteiger partial charge is 0.232 e. The van der Waals surface area contributed by atoms with E-state index in [0.29, 0.717) is 31.7 Å². The van der Waals surface area contributed by atoms with Crippen LogP contribution in [0.5, 0.6) is 5.88 Å². The number of nitriles is 1. The van der Waals surface area contributed by atoms with E-state index < -0.39 is 23.1 Å². The number of halogens is 2. The Bertz CT molecular complexity index is 951. The highest BCUT2D eigenvalue weighted by Gasteiger charge is 2.71. The summed E-state index contributed by atoms with van der Waals surface area (Å²) in [4.78, 5) is 20.5. The van der Waals surface area contributed by atoms with E-state index >= 15 is 0 Å². The molecular formula is C20H18F2N4O2. The van der Waals surface area contributed by atoms with Gasteiger partial charge in [-0.2, -0.15) is 5.26 Å². The van der Waals surface area contributed by atoms with Crippen LogP contribution in [0, 0.1) is 33.8 Å². The minimum atomic E-state index is -0.613. The van der Waals surface area contributed by atoms with Crippen LogP contribution < -0.4 is 10.1 Å². The molecule has 1 aromatic carbocycles. The lowest BCUT2D eigenvalue weighted by molar-refractivity contribution is -0.218. The first kappa shape index (κ1) is 18.3. The van der Waals surface area contributed by atoms with Crippen molar-refractivity contribution in [2.24, 2.45) is 10.8 Å². The predicted molar refractivity (Wildman–Crippen MR) is 93.9 cm³/mol. The molecule has 0 aliphatic heterocycles. The highest BCUT2D eigenvalue weighted by Crippen LogP contribution is 2.73. The van der Waals surface area contributed by atoms with Crippen molar-refractivity contribution < 1.29 is 18.3 Å². The summed E-state index contributed by atoms with van der Waals surface area (Å²) in [7, 11) is 0. The van der Waals surface area contributed by atoms with Crippen molar-refractivity contribution >= 4 is 5.91 Å². The van der Waals surface area contributed by atoms with E-state index in [1.54, 1.807) is 6.92 Å². The van der Waals surface area contributed by atoms with Crippen LogP contribution in [-0.4, -0.2) is 22.5 Å². The van der Waals surface area contributed by atoms with Crippen molar-refractivity contribution in [3.8, 4) is 11.9 Å². The van der Waals surface area contributed by atoms with Crippen molar-refractivity contribution in [3.63, 3.8) is 0 Å². The van der Waals surface area contributed by atoms with Crippen LogP contribution in [0.3, 0.4) is 0 Å². The average Bonchev–Trinajstić information content (AvgIpc) is 2.62. The van der Waals surface area contributed by atoms with Gasteiger partial charge in [0, 0.05) is 11.0 Å². The molecule has 0 radical (unpaired) electrons. The van der Waals surface area contributed by atoms with Gasteiger partial charge in [-0.15, -0.1) is 0 Å². The maximum Gasteiger partial charge on any atom is 0.232 e. The standard InChI is InChI=1S/C20H18F2N4O2/c1-12(15-4-13(21)2-3-16(15)22)26-18(27)20-8-19(9-20,10-20)11-28-17-7-24-14(5-23)6-25-17/h2-4,6-7,12H,8-11H2,1H3,(H,26,27)/t12-,19?,20?/m0/s1. The first-order valence-corrected chi connectivity index (χ1v) is 8.96. The van der Waals surface area contributed by atoms with Crippen molar-refractivity contribution in [2.45, 2.75) is 32.2 Å². The topological polar surface area (TPSA) is 87.9 Å². The SMILES string of the molecule is C[C@H](NC(=O)C12CC(COc3cnc(C#N)cn3)(C1)C2)c1cc(F)ccc1F. The fraction of sp³-hybridized carbons (Fsp3) is 0.400. The van der Waals surface area contributed by atoms with Crippen LogP contribution >= 0.6 is 0 Å². The Morgan fingerprint density at radius 2 is 2.07 bits per heavy atom. The molecule has 1 heterocycles. The molecule has 8 heteroatoms. The summed E-state index contributed by atoms with van der Waals surface area (Å²) < 4.78 is 32.9. The van der Waals surface area contributed by atoms with Gasteiger partial charge in [0.25, 0.3) is 0 Å². The number of nitrogens with one attached hydrogen (secondary N) is 1. The van der Waals surface area contributed by atoms with Crippen LogP contribution in [0.15, 0.2) is 30.6 Å². The fourth-order valence-corrected chi connectivity index (χ4v) is 4.34. The molecule has 6 nitrogen and oxygen atoms in total. The Morgan fingerprint density at radius 3 is 2.71 bits per heavy atom. The highest BCUT2D eigenvalue weighted by atomic mass is 19.1. The van der Waals surface area contributed by atoms with Gasteiger partial charge in [0.05, 0.1) is 30.5 Å². The molecule has 1 aromatic heterocycles. The van der Waals surface area contributed by atoms with Gasteiger partial charge < -0.3 is 10.1 Å². The molecule has 3 aliphatic carbocycles. The molecule has 1 amide bonds. The Morgan fingerprint density at radius 1 is 1.32 bits per heavy atom. The molecule has 3 aliphatic rings. The van der Waals surface area contributed by atoms with E-state index in [0.717, 1.165) is 18.2 Å². The molecule has 1 atom stereocenters. The summed E-state index contributed by atoms with van der Waals surface area (Å²) in [5, 5.41) is 11.5. The van der Waals surface area contributed by atoms with Crippen LogP contribution in [0.4, 0.5) is 8.78 Å². The second kappa shape index (κ2) is 6.51. The predicted octanol–water partition coefficient (Wildman–Crippen LogP) is 3.05. The van der Waals surface area contributed by atoms with E-state index in [2.05, 4.69) is 15.3 Å². The molecule has 0 unspecified atom stereocenters. The van der Waals surface area contributed by atoms with E-state index in [1.165, 1.54) is 12.4 Å². The molecule has 3 saturated carbocycles. The first-order chi connectivity index (χ1) is 13.3. The maximum atomic E-state index is 13.9. The number of nitrogens with zero attached hydrogens (tertiary/aromatic N) is 3. The summed E-state index contributed by atoms with van der Waals surface area (Å²) >= 11 is 0. The van der Waals surface area contributed by atoms with Crippen LogP contribution in [-0.2, 0) is 4.79 Å². The third-order valence-corrected chi connectivity index (χ3v) is 5.66. The molecular weight excluding hydrogens is 366 g/mol. The van der Waals surface area contributed by atoms with E-state index in [-0.39, 0.29) is 22.6 Å². The summed E-state index contributed by atoms with van der Waals surface area (Å²) in [5.41, 5.74) is -0.146. The summed E-state index contributed by atoms with van der Waals surface area (Å²) in [6.45, 7) is 2.07. The van der Waals surface area contributed by atoms with Gasteiger partial charge in [-0.25, -0.2) is 18.7 Å². The number of amides is 1. The number of rotatable bonds is 6. The molecule has 3 fully saturated rings. The zero-order chi connectivity index (χ0) is 19.9. The van der Waals surface area contributed by atoms with Gasteiger partial charge in [0.15, 0.2) is 5.69 Å². The number of carbonyl (C=O) groups excluding carboxylic acids is 1. The van der Waals surface area contributed by atoms with Gasteiger partial charge in [-0.05, 0) is 44.4 Å². The lowest BCUT2D eigenvalue weighted by Gasteiger charge is -2.68. The zero-order valence-electron chi connectivity index (χ0n) is 15.2. The number of carbonyl (C=O) groups is 1. The Balaban J connectivity index is 1.30. The maximum absolute atomic E-state index is 13.9. The third-order valence-electron chi connectivity index (χ3n) is 5.66. The van der Waals surface area contributed by atoms with Gasteiger partial charge in [-0.3, -0.25) is 4.79 Å². The summed E-state index contributed by atoms with van der Waals surface area (Å²) in [5.74, 6) is -0.869. The number of hydrogen-bond donors (Lipinski definition) is 1. The molecule has 0 spiro atoms. The quantitative estimate of drug-likeness (QED) is 0.827. The lowest BCUT2D eigenvalue weighted by atomic mass is 9.35. The second-order valence-corrected chi connectivity index (χ2v) is 7.81. The third kappa shape index (κ3) is 3.07. The normalized spacial score (nSPS) is 25.6. The highest BCUT2D eigenvalue weighted by molar-refractivity contribution is 5.86. The Hall–Kier alpha value is -3.08. The zero-order valence-corrected chi connectivity index (χ0v) is 15.2. The van der Waals surface area contributed by atoms with E-state index in [1.807, 2.05) is 6.07 Å². The average molecular weight is 384 g/mol. The van der Waals surface area contributed by atoms with Crippen molar-refractivity contribution in [3.05, 3.63) is 53.5 Å². The lowest BCUT2D eigenvalue weighted by Crippen LogP contribution is -2.69. The van der Waals surface area contributed by atoms with Crippen LogP contribution in [0.1, 0.15) is 43.5 Å². The summed E-state index contributed by atoms with van der Waals surface area (Å²) in [6, 6.07) is 4.50. The number of hydrogen-bond acceptors (Lipinski definition) is 5. The number of aromatic nitrogens is 2. The molecule has 5 rings (SSSR count). The Labute approximate surface area is 160 Å². The fourth-order valence-electron chi connectivity index (χ4n) is 4.34. The number of ether oxygens (including phenoxy) is 1. The minimum absolute atomic E-state index is 0.0553. The minimum Gasteiger partial charge on any atom is -0.476 e. The van der Waals surface area contributed by atoms with Crippen molar-refractivity contribution in [1.82, 2.24) is 15.3 Å². The Kier molecular flexibility index (Phi) is 4.26. The number of benzene rings is 1.